The first kappa shape index (κ1) is 39.9. The molecule has 0 bridgehead atoms. The molecule has 15 nitrogen and oxygen atoms in total. The number of nitrogens with one attached hydrogen (secondary N) is 2. The Labute approximate surface area is 292 Å². The number of hydroxylamine groups is 1. The van der Waals surface area contributed by atoms with Crippen LogP contribution in [-0.4, -0.2) is 92.9 Å². The molecule has 1 amide bonds. The molecule has 15 heteroatoms. The number of rotatable bonds is 16. The molecule has 0 saturated heterocycles. The number of carbonyl (C=O) groups is 5. The highest BCUT2D eigenvalue weighted by atomic mass is 17.2. The first-order chi connectivity index (χ1) is 23.7. The Morgan fingerprint density at radius 2 is 1.22 bits per heavy atom. The number of carbonyl (C=O) groups excluding carboxylic acids is 1. The number of carboxylic acids is 4. The highest BCUT2D eigenvalue weighted by Gasteiger charge is 2.45. The normalized spacial score (nSPS) is 34.3. The Morgan fingerprint density at radius 3 is 1.78 bits per heavy atom. The van der Waals surface area contributed by atoms with E-state index in [0.717, 1.165) is 12.8 Å². The van der Waals surface area contributed by atoms with Crippen molar-refractivity contribution in [3.05, 3.63) is 0 Å². The second-order valence-corrected chi connectivity index (χ2v) is 15.9. The molecule has 7 unspecified atom stereocenters. The minimum atomic E-state index is -1.06. The van der Waals surface area contributed by atoms with E-state index in [1.165, 1.54) is 0 Å². The van der Waals surface area contributed by atoms with E-state index in [1.807, 2.05) is 13.8 Å². The first-order valence-corrected chi connectivity index (χ1v) is 18.2. The van der Waals surface area contributed by atoms with Gasteiger partial charge in [0.2, 0.25) is 5.91 Å². The zero-order valence-electron chi connectivity index (χ0n) is 29.2. The molecule has 0 aromatic rings. The van der Waals surface area contributed by atoms with Crippen LogP contribution in [0.2, 0.25) is 0 Å². The highest BCUT2D eigenvalue weighted by molar-refractivity contribution is 5.86. The van der Waals surface area contributed by atoms with Gasteiger partial charge in [-0.15, -0.1) is 0 Å². The van der Waals surface area contributed by atoms with E-state index in [-0.39, 0.29) is 67.6 Å². The molecule has 0 radical (unpaired) electrons. The molecule has 4 aliphatic carbocycles. The van der Waals surface area contributed by atoms with Crippen molar-refractivity contribution in [2.75, 3.05) is 13.2 Å². The van der Waals surface area contributed by atoms with Crippen molar-refractivity contribution < 1.29 is 64.1 Å². The molecule has 0 heterocycles. The van der Waals surface area contributed by atoms with Gasteiger partial charge in [0.15, 0.2) is 0 Å². The zero-order chi connectivity index (χ0) is 36.6. The van der Waals surface area contributed by atoms with Crippen molar-refractivity contribution in [1.29, 1.82) is 0 Å². The molecule has 7 atom stereocenters. The molecule has 7 N–H and O–H groups in total. The standard InChI is InChI=1S/C35H56N2O13/c1-35(2,17-48-23-11-7-22(8-12-23)36-30(38)28-16-21(32(41)42)6-14-26(28)34(45)46)18-49-50-24-9-3-19(4-10-24)29(37-47)27-15-20(31(39)40)5-13-25(27)33(43)44/h19-29,37,47H,3-18H2,1-2H3,(H,36,38)(H,39,40)(H,41,42)(H,43,44)(H,45,46). The second-order valence-electron chi connectivity index (χ2n) is 15.9. The summed E-state index contributed by atoms with van der Waals surface area (Å²) in [6.45, 7) is 4.74. The van der Waals surface area contributed by atoms with Crippen molar-refractivity contribution in [2.45, 2.75) is 128 Å². The van der Waals surface area contributed by atoms with Gasteiger partial charge in [0, 0.05) is 17.5 Å². The molecule has 0 aliphatic heterocycles. The number of carboxylic acid groups (broad SMARTS) is 4. The topological polar surface area (TPSA) is 238 Å². The van der Waals surface area contributed by atoms with Gasteiger partial charge in [0.05, 0.1) is 55.0 Å². The fourth-order valence-corrected chi connectivity index (χ4v) is 8.57. The fraction of sp³-hybridized carbons (Fsp3) is 0.857. The van der Waals surface area contributed by atoms with Crippen LogP contribution in [0.4, 0.5) is 0 Å². The summed E-state index contributed by atoms with van der Waals surface area (Å²) in [7, 11) is 0. The van der Waals surface area contributed by atoms with Gasteiger partial charge in [-0.1, -0.05) is 13.8 Å². The number of hydrogen-bond donors (Lipinski definition) is 7. The van der Waals surface area contributed by atoms with Gasteiger partial charge in [-0.3, -0.25) is 24.0 Å². The van der Waals surface area contributed by atoms with Crippen LogP contribution in [0.15, 0.2) is 0 Å². The van der Waals surface area contributed by atoms with Gasteiger partial charge < -0.3 is 35.7 Å². The molecule has 0 aromatic carbocycles. The molecular formula is C35H56N2O13. The van der Waals surface area contributed by atoms with Crippen molar-refractivity contribution in [3.8, 4) is 0 Å². The lowest BCUT2D eigenvalue weighted by molar-refractivity contribution is -0.342. The minimum Gasteiger partial charge on any atom is -0.481 e. The summed E-state index contributed by atoms with van der Waals surface area (Å²) >= 11 is 0. The maximum absolute atomic E-state index is 13.0. The maximum atomic E-state index is 13.0. The van der Waals surface area contributed by atoms with E-state index in [2.05, 4.69) is 10.8 Å². The lowest BCUT2D eigenvalue weighted by Gasteiger charge is -2.42. The van der Waals surface area contributed by atoms with Crippen LogP contribution in [0.25, 0.3) is 0 Å². The van der Waals surface area contributed by atoms with Crippen LogP contribution in [0.5, 0.6) is 0 Å². The van der Waals surface area contributed by atoms with E-state index in [4.69, 9.17) is 14.5 Å². The first-order valence-electron chi connectivity index (χ1n) is 18.2. The summed E-state index contributed by atoms with van der Waals surface area (Å²) in [5.74, 6) is -8.60. The Balaban J connectivity index is 1.14. The average Bonchev–Trinajstić information content (AvgIpc) is 3.08. The van der Waals surface area contributed by atoms with Gasteiger partial charge in [-0.05, 0) is 102 Å². The molecule has 4 rings (SSSR count). The molecule has 4 saturated carbocycles. The molecule has 0 aromatic heterocycles. The van der Waals surface area contributed by atoms with Gasteiger partial charge in [0.1, 0.15) is 0 Å². The summed E-state index contributed by atoms with van der Waals surface area (Å²) in [5.41, 5.74) is 1.99. The Kier molecular flexibility index (Phi) is 14.4. The predicted octanol–water partition coefficient (Wildman–Crippen LogP) is 3.71. The van der Waals surface area contributed by atoms with E-state index in [1.54, 1.807) is 0 Å². The smallest absolute Gasteiger partial charge is 0.307 e. The number of hydrogen-bond acceptors (Lipinski definition) is 10. The summed E-state index contributed by atoms with van der Waals surface area (Å²) < 4.78 is 6.21. The quantitative estimate of drug-likeness (QED) is 0.0892. The number of amides is 1. The van der Waals surface area contributed by atoms with Crippen molar-refractivity contribution in [2.24, 2.45) is 46.8 Å². The van der Waals surface area contributed by atoms with Crippen LogP contribution in [0.3, 0.4) is 0 Å². The molecule has 4 aliphatic rings. The SMILES string of the molecule is CC(C)(COOC1CCC(C(NO)C2CC(C(=O)O)CCC2C(=O)O)CC1)COC1CCC(NC(=O)C2CC(C(=O)O)CCC2C(=O)O)CC1. The summed E-state index contributed by atoms with van der Waals surface area (Å²) in [5, 5.41) is 51.3. The number of ether oxygens (including phenoxy) is 1. The predicted molar refractivity (Wildman–Crippen MR) is 175 cm³/mol. The minimum absolute atomic E-state index is 0.000194. The zero-order valence-corrected chi connectivity index (χ0v) is 29.2. The molecule has 284 valence electrons. The Morgan fingerprint density at radius 1 is 0.660 bits per heavy atom. The molecule has 0 spiro atoms. The monoisotopic (exact) mass is 712 g/mol. The second kappa shape index (κ2) is 18.1. The van der Waals surface area contributed by atoms with E-state index in [9.17, 15) is 49.6 Å². The largest absolute Gasteiger partial charge is 0.481 e. The number of aliphatic carboxylic acids is 4. The average molecular weight is 713 g/mol. The van der Waals surface area contributed by atoms with Gasteiger partial charge in [-0.25, -0.2) is 15.3 Å². The third kappa shape index (κ3) is 10.8. The summed E-state index contributed by atoms with van der Waals surface area (Å²) in [4.78, 5) is 71.2. The Bertz CT molecular complexity index is 1180. The van der Waals surface area contributed by atoms with Gasteiger partial charge in [-0.2, -0.15) is 0 Å². The van der Waals surface area contributed by atoms with Crippen molar-refractivity contribution in [1.82, 2.24) is 10.8 Å². The maximum Gasteiger partial charge on any atom is 0.307 e. The fourth-order valence-electron chi connectivity index (χ4n) is 8.57. The van der Waals surface area contributed by atoms with Crippen molar-refractivity contribution >= 4 is 29.8 Å². The Hall–Kier alpha value is -2.85. The highest BCUT2D eigenvalue weighted by Crippen LogP contribution is 2.42. The van der Waals surface area contributed by atoms with E-state index < -0.39 is 65.4 Å². The van der Waals surface area contributed by atoms with Crippen LogP contribution in [-0.2, 0) is 38.5 Å². The van der Waals surface area contributed by atoms with Crippen molar-refractivity contribution in [3.63, 3.8) is 0 Å². The molecule has 4 fully saturated rings. The summed E-state index contributed by atoms with van der Waals surface area (Å²) in [6.07, 6.45) is 6.57. The van der Waals surface area contributed by atoms with Gasteiger partial charge >= 0.3 is 23.9 Å². The lowest BCUT2D eigenvalue weighted by Crippen LogP contribution is -2.49. The molecule has 50 heavy (non-hydrogen) atoms. The molecular weight excluding hydrogens is 656 g/mol. The van der Waals surface area contributed by atoms with Crippen LogP contribution >= 0.6 is 0 Å². The van der Waals surface area contributed by atoms with E-state index in [0.29, 0.717) is 58.2 Å². The summed E-state index contributed by atoms with van der Waals surface area (Å²) in [6, 6.07) is -0.636. The van der Waals surface area contributed by atoms with Crippen LogP contribution < -0.4 is 10.8 Å². The van der Waals surface area contributed by atoms with E-state index >= 15 is 0 Å². The third-order valence-corrected chi connectivity index (χ3v) is 11.6. The lowest BCUT2D eigenvalue weighted by atomic mass is 9.66. The van der Waals surface area contributed by atoms with Gasteiger partial charge in [0.25, 0.3) is 0 Å². The van der Waals surface area contributed by atoms with Crippen LogP contribution in [0, 0.1) is 46.8 Å². The van der Waals surface area contributed by atoms with Crippen LogP contribution in [0.1, 0.15) is 104 Å². The third-order valence-electron chi connectivity index (χ3n) is 11.6.